The molecule has 1 fully saturated rings. The number of rotatable bonds is 6. The molecule has 0 aliphatic carbocycles. The second-order valence-corrected chi connectivity index (χ2v) is 7.50. The average Bonchev–Trinajstić information content (AvgIpc) is 3.20. The third-order valence-corrected chi connectivity index (χ3v) is 5.53. The molecule has 6 nitrogen and oxygen atoms in total. The highest BCUT2D eigenvalue weighted by Crippen LogP contribution is 2.36. The zero-order valence-electron chi connectivity index (χ0n) is 15.2. The van der Waals surface area contributed by atoms with Gasteiger partial charge >= 0.3 is 6.18 Å². The second kappa shape index (κ2) is 8.73. The highest BCUT2D eigenvalue weighted by Gasteiger charge is 2.33. The Hall–Kier alpha value is -2.75. The molecule has 154 valence electrons. The first-order valence-electron chi connectivity index (χ1n) is 8.88. The number of amides is 1. The van der Waals surface area contributed by atoms with E-state index >= 15 is 0 Å². The Labute approximate surface area is 169 Å². The summed E-state index contributed by atoms with van der Waals surface area (Å²) in [6.07, 6.45) is -2.52. The summed E-state index contributed by atoms with van der Waals surface area (Å²) < 4.78 is 38.4. The molecule has 1 amide bonds. The fourth-order valence-corrected chi connectivity index (χ4v) is 3.91. The van der Waals surface area contributed by atoms with E-state index in [0.29, 0.717) is 11.8 Å². The van der Waals surface area contributed by atoms with Crippen LogP contribution in [0.15, 0.2) is 47.4 Å². The predicted octanol–water partition coefficient (Wildman–Crippen LogP) is 4.94. The summed E-state index contributed by atoms with van der Waals surface area (Å²) in [5, 5.41) is 13.9. The summed E-state index contributed by atoms with van der Waals surface area (Å²) >= 11 is 0.826. The van der Waals surface area contributed by atoms with Crippen LogP contribution in [0.1, 0.15) is 18.4 Å². The summed E-state index contributed by atoms with van der Waals surface area (Å²) in [6.45, 7) is 1.80. The van der Waals surface area contributed by atoms with Crippen LogP contribution in [0.2, 0.25) is 0 Å². The first-order valence-corrected chi connectivity index (χ1v) is 9.86. The van der Waals surface area contributed by atoms with E-state index in [9.17, 15) is 28.1 Å². The average molecular weight is 425 g/mol. The minimum atomic E-state index is -4.68. The minimum Gasteiger partial charge on any atom is -0.370 e. The number of nitro groups is 1. The smallest absolute Gasteiger partial charge is 0.370 e. The molecule has 1 saturated heterocycles. The fraction of sp³-hybridized carbons (Fsp3) is 0.316. The van der Waals surface area contributed by atoms with Crippen LogP contribution in [-0.4, -0.2) is 29.7 Å². The van der Waals surface area contributed by atoms with E-state index in [1.54, 1.807) is 12.1 Å². The van der Waals surface area contributed by atoms with Crippen LogP contribution < -0.4 is 10.2 Å². The highest BCUT2D eigenvalue weighted by molar-refractivity contribution is 8.00. The van der Waals surface area contributed by atoms with Gasteiger partial charge in [0.15, 0.2) is 0 Å². The van der Waals surface area contributed by atoms with Gasteiger partial charge in [-0.2, -0.15) is 13.2 Å². The lowest BCUT2D eigenvalue weighted by Crippen LogP contribution is -2.21. The number of carbonyl (C=O) groups is 1. The van der Waals surface area contributed by atoms with Crippen LogP contribution in [0.4, 0.5) is 30.2 Å². The summed E-state index contributed by atoms with van der Waals surface area (Å²) in [6, 6.07) is 9.65. The van der Waals surface area contributed by atoms with Gasteiger partial charge in [0.2, 0.25) is 5.91 Å². The van der Waals surface area contributed by atoms with Crippen molar-refractivity contribution in [3.8, 4) is 0 Å². The molecule has 2 aromatic carbocycles. The Morgan fingerprint density at radius 1 is 1.17 bits per heavy atom. The summed E-state index contributed by atoms with van der Waals surface area (Å²) in [5.74, 6) is -0.559. The van der Waals surface area contributed by atoms with Gasteiger partial charge in [-0.15, -0.1) is 11.8 Å². The topological polar surface area (TPSA) is 75.5 Å². The monoisotopic (exact) mass is 425 g/mol. The summed E-state index contributed by atoms with van der Waals surface area (Å²) in [5.41, 5.74) is -0.224. The SMILES string of the molecule is O=C(CSc1ccc(C(F)(F)F)cc1[N+](=O)[O-])Nc1ccccc1N1CCCC1. The van der Waals surface area contributed by atoms with E-state index in [-0.39, 0.29) is 10.6 Å². The summed E-state index contributed by atoms with van der Waals surface area (Å²) in [7, 11) is 0. The van der Waals surface area contributed by atoms with Crippen molar-refractivity contribution in [3.63, 3.8) is 0 Å². The highest BCUT2D eigenvalue weighted by atomic mass is 32.2. The van der Waals surface area contributed by atoms with Crippen molar-refractivity contribution >= 4 is 34.7 Å². The van der Waals surface area contributed by atoms with Crippen LogP contribution in [0.5, 0.6) is 0 Å². The van der Waals surface area contributed by atoms with Gasteiger partial charge in [-0.1, -0.05) is 12.1 Å². The van der Waals surface area contributed by atoms with Gasteiger partial charge in [0.25, 0.3) is 5.69 Å². The lowest BCUT2D eigenvalue weighted by molar-refractivity contribution is -0.388. The lowest BCUT2D eigenvalue weighted by Gasteiger charge is -2.21. The number of nitrogens with zero attached hydrogens (tertiary/aromatic N) is 2. The van der Waals surface area contributed by atoms with Crippen LogP contribution in [0.25, 0.3) is 0 Å². The Balaban J connectivity index is 1.69. The van der Waals surface area contributed by atoms with E-state index in [2.05, 4.69) is 10.2 Å². The fourth-order valence-electron chi connectivity index (χ4n) is 3.10. The van der Waals surface area contributed by atoms with E-state index in [0.717, 1.165) is 55.5 Å². The standard InChI is InChI=1S/C19H18F3N3O3S/c20-19(21,22)13-7-8-17(16(11-13)25(27)28)29-12-18(26)23-14-5-1-2-6-15(14)24-9-3-4-10-24/h1-2,5-8,11H,3-4,9-10,12H2,(H,23,26). The number of hydrogen-bond donors (Lipinski definition) is 1. The number of alkyl halides is 3. The van der Waals surface area contributed by atoms with Gasteiger partial charge in [-0.05, 0) is 37.1 Å². The molecule has 1 aliphatic rings. The number of benzene rings is 2. The van der Waals surface area contributed by atoms with Crippen LogP contribution in [-0.2, 0) is 11.0 Å². The van der Waals surface area contributed by atoms with Gasteiger partial charge in [-0.25, -0.2) is 0 Å². The number of hydrogen-bond acceptors (Lipinski definition) is 5. The molecule has 29 heavy (non-hydrogen) atoms. The Morgan fingerprint density at radius 3 is 2.52 bits per heavy atom. The van der Waals surface area contributed by atoms with Crippen molar-refractivity contribution in [2.45, 2.75) is 23.9 Å². The quantitative estimate of drug-likeness (QED) is 0.403. The third-order valence-electron chi connectivity index (χ3n) is 4.47. The number of nitro benzene ring substituents is 1. The Morgan fingerprint density at radius 2 is 1.86 bits per heavy atom. The zero-order chi connectivity index (χ0) is 21.0. The second-order valence-electron chi connectivity index (χ2n) is 6.49. The normalized spacial score (nSPS) is 14.1. The van der Waals surface area contributed by atoms with E-state index in [1.165, 1.54) is 0 Å². The van der Waals surface area contributed by atoms with Gasteiger partial charge in [-0.3, -0.25) is 14.9 Å². The molecule has 0 bridgehead atoms. The number of carbonyl (C=O) groups excluding carboxylic acids is 1. The molecule has 0 spiro atoms. The zero-order valence-corrected chi connectivity index (χ0v) is 16.1. The van der Waals surface area contributed by atoms with Crippen LogP contribution in [0.3, 0.4) is 0 Å². The number of nitrogens with one attached hydrogen (secondary N) is 1. The van der Waals surface area contributed by atoms with Gasteiger partial charge in [0.1, 0.15) is 0 Å². The number of halogens is 3. The van der Waals surface area contributed by atoms with Crippen molar-refractivity contribution in [3.05, 3.63) is 58.1 Å². The number of anilines is 2. The van der Waals surface area contributed by atoms with Crippen molar-refractivity contribution in [2.24, 2.45) is 0 Å². The molecule has 0 atom stereocenters. The Bertz CT molecular complexity index is 915. The number of para-hydroxylation sites is 2. The van der Waals surface area contributed by atoms with Crippen LogP contribution >= 0.6 is 11.8 Å². The van der Waals surface area contributed by atoms with Gasteiger partial charge < -0.3 is 10.2 Å². The van der Waals surface area contributed by atoms with Crippen molar-refractivity contribution in [2.75, 3.05) is 29.1 Å². The van der Waals surface area contributed by atoms with Crippen molar-refractivity contribution in [1.82, 2.24) is 0 Å². The van der Waals surface area contributed by atoms with Crippen molar-refractivity contribution < 1.29 is 22.9 Å². The maximum Gasteiger partial charge on any atom is 0.416 e. The largest absolute Gasteiger partial charge is 0.416 e. The maximum atomic E-state index is 12.8. The molecular weight excluding hydrogens is 407 g/mol. The molecule has 1 N–H and O–H groups in total. The molecule has 0 radical (unpaired) electrons. The Kier molecular flexibility index (Phi) is 6.31. The molecule has 2 aromatic rings. The van der Waals surface area contributed by atoms with E-state index < -0.39 is 28.3 Å². The first-order chi connectivity index (χ1) is 13.8. The molecule has 0 saturated carbocycles. The molecule has 1 heterocycles. The maximum absolute atomic E-state index is 12.8. The lowest BCUT2D eigenvalue weighted by atomic mass is 10.2. The third kappa shape index (κ3) is 5.20. The van der Waals surface area contributed by atoms with Crippen molar-refractivity contribution in [1.29, 1.82) is 0 Å². The van der Waals surface area contributed by atoms with Gasteiger partial charge in [0, 0.05) is 19.2 Å². The molecule has 10 heteroatoms. The molecule has 0 unspecified atom stereocenters. The first kappa shape index (κ1) is 21.0. The molecule has 1 aliphatic heterocycles. The number of thioether (sulfide) groups is 1. The predicted molar refractivity (Wildman–Crippen MR) is 105 cm³/mol. The van der Waals surface area contributed by atoms with E-state index in [1.807, 2.05) is 12.1 Å². The molecule has 3 rings (SSSR count). The van der Waals surface area contributed by atoms with Crippen LogP contribution in [0, 0.1) is 10.1 Å². The summed E-state index contributed by atoms with van der Waals surface area (Å²) in [4.78, 5) is 24.8. The minimum absolute atomic E-state index is 0.00554. The molecule has 0 aromatic heterocycles. The van der Waals surface area contributed by atoms with Gasteiger partial charge in [0.05, 0.1) is 32.5 Å². The van der Waals surface area contributed by atoms with E-state index in [4.69, 9.17) is 0 Å². The molecular formula is C19H18F3N3O3S.